The molecule has 1 N–H and O–H groups in total. The van der Waals surface area contributed by atoms with Crippen LogP contribution in [0.15, 0.2) is 40.8 Å². The summed E-state index contributed by atoms with van der Waals surface area (Å²) in [6.07, 6.45) is 0. The molecule has 0 radical (unpaired) electrons. The average molecular weight is 385 g/mol. The highest BCUT2D eigenvalue weighted by molar-refractivity contribution is 14.1. The quantitative estimate of drug-likeness (QED) is 0.801. The summed E-state index contributed by atoms with van der Waals surface area (Å²) in [6.45, 7) is 4.11. The molecule has 4 nitrogen and oxygen atoms in total. The van der Waals surface area contributed by atoms with E-state index in [1.54, 1.807) is 12.1 Å². The molecule has 20 heavy (non-hydrogen) atoms. The lowest BCUT2D eigenvalue weighted by Gasteiger charge is -2.06. The van der Waals surface area contributed by atoms with E-state index < -0.39 is 0 Å². The molecule has 0 saturated carbocycles. The third kappa shape index (κ3) is 4.26. The second-order valence-electron chi connectivity index (χ2n) is 4.64. The van der Waals surface area contributed by atoms with Gasteiger partial charge in [-0.3, -0.25) is 4.79 Å². The van der Waals surface area contributed by atoms with Crippen LogP contribution in [0.2, 0.25) is 0 Å². The van der Waals surface area contributed by atoms with Gasteiger partial charge in [0.15, 0.2) is 5.76 Å². The van der Waals surface area contributed by atoms with Crippen molar-refractivity contribution in [1.82, 2.24) is 5.32 Å². The molecule has 0 bridgehead atoms. The van der Waals surface area contributed by atoms with Gasteiger partial charge < -0.3 is 14.5 Å². The molecule has 1 amide bonds. The standard InChI is InChI=1S/C15H16INO3/c1-10(2)17-15(18)14-8-7-13(20-14)9-19-12-5-3-11(16)4-6-12/h3-8,10H,9H2,1-2H3,(H,17,18). The lowest BCUT2D eigenvalue weighted by molar-refractivity contribution is 0.0911. The summed E-state index contributed by atoms with van der Waals surface area (Å²) in [5, 5.41) is 2.78. The van der Waals surface area contributed by atoms with Crippen molar-refractivity contribution in [2.75, 3.05) is 0 Å². The van der Waals surface area contributed by atoms with E-state index in [1.807, 2.05) is 38.1 Å². The van der Waals surface area contributed by atoms with Crippen LogP contribution < -0.4 is 10.1 Å². The van der Waals surface area contributed by atoms with Crippen LogP contribution >= 0.6 is 22.6 Å². The first-order valence-corrected chi connectivity index (χ1v) is 7.40. The number of furan rings is 1. The van der Waals surface area contributed by atoms with Gasteiger partial charge in [-0.15, -0.1) is 0 Å². The van der Waals surface area contributed by atoms with Gasteiger partial charge in [0, 0.05) is 9.61 Å². The summed E-state index contributed by atoms with van der Waals surface area (Å²) < 4.78 is 12.2. The first-order chi connectivity index (χ1) is 9.54. The molecule has 1 aromatic heterocycles. The summed E-state index contributed by atoms with van der Waals surface area (Å²) in [6, 6.07) is 11.2. The van der Waals surface area contributed by atoms with E-state index in [0.29, 0.717) is 18.1 Å². The molecule has 0 saturated heterocycles. The topological polar surface area (TPSA) is 51.5 Å². The second kappa shape index (κ2) is 6.78. The third-order valence-electron chi connectivity index (χ3n) is 2.50. The van der Waals surface area contributed by atoms with Crippen LogP contribution in [0.4, 0.5) is 0 Å². The molecule has 0 atom stereocenters. The van der Waals surface area contributed by atoms with Crippen molar-refractivity contribution >= 4 is 28.5 Å². The van der Waals surface area contributed by atoms with Crippen LogP contribution in [0.3, 0.4) is 0 Å². The maximum Gasteiger partial charge on any atom is 0.287 e. The number of rotatable bonds is 5. The van der Waals surface area contributed by atoms with Crippen molar-refractivity contribution in [3.05, 3.63) is 51.5 Å². The largest absolute Gasteiger partial charge is 0.486 e. The fourth-order valence-electron chi connectivity index (χ4n) is 1.60. The van der Waals surface area contributed by atoms with Crippen molar-refractivity contribution in [2.45, 2.75) is 26.5 Å². The fraction of sp³-hybridized carbons (Fsp3) is 0.267. The summed E-state index contributed by atoms with van der Waals surface area (Å²) >= 11 is 2.24. The van der Waals surface area contributed by atoms with Crippen molar-refractivity contribution in [1.29, 1.82) is 0 Å². The smallest absolute Gasteiger partial charge is 0.287 e. The molecule has 0 spiro atoms. The summed E-state index contributed by atoms with van der Waals surface area (Å²) in [7, 11) is 0. The minimum atomic E-state index is -0.208. The van der Waals surface area contributed by atoms with E-state index in [9.17, 15) is 4.79 Å². The summed E-state index contributed by atoms with van der Waals surface area (Å²) in [5.41, 5.74) is 0. The summed E-state index contributed by atoms with van der Waals surface area (Å²) in [4.78, 5) is 11.7. The number of nitrogens with one attached hydrogen (secondary N) is 1. The molecule has 0 aliphatic heterocycles. The number of amides is 1. The fourth-order valence-corrected chi connectivity index (χ4v) is 1.96. The highest BCUT2D eigenvalue weighted by Crippen LogP contribution is 2.16. The molecule has 106 valence electrons. The molecule has 1 heterocycles. The molecule has 1 aromatic carbocycles. The number of benzene rings is 1. The van der Waals surface area contributed by atoms with Crippen molar-refractivity contribution in [3.63, 3.8) is 0 Å². The Kier molecular flexibility index (Phi) is 5.05. The molecule has 0 aliphatic carbocycles. The number of carbonyl (C=O) groups excluding carboxylic acids is 1. The zero-order valence-electron chi connectivity index (χ0n) is 11.4. The normalized spacial score (nSPS) is 10.6. The molecular weight excluding hydrogens is 369 g/mol. The Balaban J connectivity index is 1.92. The zero-order chi connectivity index (χ0) is 14.5. The van der Waals surface area contributed by atoms with E-state index >= 15 is 0 Å². The highest BCUT2D eigenvalue weighted by atomic mass is 127. The molecule has 2 rings (SSSR count). The van der Waals surface area contributed by atoms with Gasteiger partial charge >= 0.3 is 0 Å². The maximum absolute atomic E-state index is 11.7. The van der Waals surface area contributed by atoms with Gasteiger partial charge in [0.1, 0.15) is 18.1 Å². The van der Waals surface area contributed by atoms with Crippen molar-refractivity contribution in [3.8, 4) is 5.75 Å². The second-order valence-corrected chi connectivity index (χ2v) is 5.88. The van der Waals surface area contributed by atoms with Crippen molar-refractivity contribution < 1.29 is 13.9 Å². The Morgan fingerprint density at radius 2 is 1.95 bits per heavy atom. The Morgan fingerprint density at radius 3 is 2.60 bits per heavy atom. The SMILES string of the molecule is CC(C)NC(=O)c1ccc(COc2ccc(I)cc2)o1. The predicted molar refractivity (Wildman–Crippen MR) is 84.8 cm³/mol. The number of hydrogen-bond acceptors (Lipinski definition) is 3. The number of ether oxygens (including phenoxy) is 1. The van der Waals surface area contributed by atoms with Crippen LogP contribution in [0.1, 0.15) is 30.2 Å². The van der Waals surface area contributed by atoms with E-state index in [2.05, 4.69) is 27.9 Å². The zero-order valence-corrected chi connectivity index (χ0v) is 13.5. The first-order valence-electron chi connectivity index (χ1n) is 6.32. The van der Waals surface area contributed by atoms with E-state index in [-0.39, 0.29) is 11.9 Å². The summed E-state index contributed by atoms with van der Waals surface area (Å²) in [5.74, 6) is 1.49. The monoisotopic (exact) mass is 385 g/mol. The first kappa shape index (κ1) is 14.9. The predicted octanol–water partition coefficient (Wildman–Crippen LogP) is 3.60. The number of carbonyl (C=O) groups is 1. The van der Waals surface area contributed by atoms with Gasteiger partial charge in [-0.25, -0.2) is 0 Å². The Morgan fingerprint density at radius 1 is 1.25 bits per heavy atom. The van der Waals surface area contributed by atoms with E-state index in [1.165, 1.54) is 0 Å². The molecule has 0 aliphatic rings. The van der Waals surface area contributed by atoms with Crippen LogP contribution in [-0.2, 0) is 6.61 Å². The van der Waals surface area contributed by atoms with Crippen LogP contribution in [0.5, 0.6) is 5.75 Å². The van der Waals surface area contributed by atoms with E-state index in [0.717, 1.165) is 9.32 Å². The third-order valence-corrected chi connectivity index (χ3v) is 3.22. The van der Waals surface area contributed by atoms with Crippen LogP contribution in [0, 0.1) is 3.57 Å². The van der Waals surface area contributed by atoms with Gasteiger partial charge in [0.25, 0.3) is 5.91 Å². The van der Waals surface area contributed by atoms with Crippen molar-refractivity contribution in [2.24, 2.45) is 0 Å². The molecular formula is C15H16INO3. The Labute approximate surface area is 131 Å². The lowest BCUT2D eigenvalue weighted by Crippen LogP contribution is -2.29. The molecule has 5 heteroatoms. The Hall–Kier alpha value is -1.50. The van der Waals surface area contributed by atoms with E-state index in [4.69, 9.17) is 9.15 Å². The molecule has 2 aromatic rings. The maximum atomic E-state index is 11.7. The van der Waals surface area contributed by atoms with Gasteiger partial charge in [0.05, 0.1) is 0 Å². The van der Waals surface area contributed by atoms with Gasteiger partial charge in [-0.1, -0.05) is 0 Å². The van der Waals surface area contributed by atoms with Gasteiger partial charge in [0.2, 0.25) is 0 Å². The average Bonchev–Trinajstić information content (AvgIpc) is 2.86. The number of hydrogen-bond donors (Lipinski definition) is 1. The minimum absolute atomic E-state index is 0.0825. The minimum Gasteiger partial charge on any atom is -0.486 e. The Bertz CT molecular complexity index is 575. The van der Waals surface area contributed by atoms with Gasteiger partial charge in [-0.2, -0.15) is 0 Å². The lowest BCUT2D eigenvalue weighted by atomic mass is 10.3. The molecule has 0 unspecified atom stereocenters. The van der Waals surface area contributed by atoms with Crippen LogP contribution in [-0.4, -0.2) is 11.9 Å². The number of halogens is 1. The van der Waals surface area contributed by atoms with Crippen LogP contribution in [0.25, 0.3) is 0 Å². The molecule has 0 fully saturated rings. The highest BCUT2D eigenvalue weighted by Gasteiger charge is 2.12. The van der Waals surface area contributed by atoms with Gasteiger partial charge in [-0.05, 0) is 72.8 Å².